The lowest BCUT2D eigenvalue weighted by Crippen LogP contribution is -1.89. The van der Waals surface area contributed by atoms with Crippen LogP contribution in [-0.4, -0.2) is 7.11 Å². The molecular formula is C14H12N2OS. The van der Waals surface area contributed by atoms with Crippen molar-refractivity contribution in [2.45, 2.75) is 9.79 Å². The van der Waals surface area contributed by atoms with Crippen LogP contribution in [0.2, 0.25) is 0 Å². The Morgan fingerprint density at radius 3 is 2.50 bits per heavy atom. The lowest BCUT2D eigenvalue weighted by molar-refractivity contribution is 0.414. The van der Waals surface area contributed by atoms with E-state index >= 15 is 0 Å². The molecule has 90 valence electrons. The SMILES string of the molecule is COc1ccc(Sc2cc(C#N)ccc2N)cc1. The molecule has 0 aliphatic rings. The van der Waals surface area contributed by atoms with Crippen molar-refractivity contribution in [1.29, 1.82) is 5.26 Å². The molecule has 0 bridgehead atoms. The highest BCUT2D eigenvalue weighted by Crippen LogP contribution is 2.33. The maximum Gasteiger partial charge on any atom is 0.118 e. The lowest BCUT2D eigenvalue weighted by atomic mass is 10.2. The Labute approximate surface area is 110 Å². The van der Waals surface area contributed by atoms with Gasteiger partial charge in [-0.1, -0.05) is 11.8 Å². The maximum absolute atomic E-state index is 8.87. The molecule has 4 heteroatoms. The first kappa shape index (κ1) is 12.3. The highest BCUT2D eigenvalue weighted by molar-refractivity contribution is 7.99. The first-order valence-electron chi connectivity index (χ1n) is 5.34. The second kappa shape index (κ2) is 5.48. The molecular weight excluding hydrogens is 244 g/mol. The molecule has 0 fully saturated rings. The van der Waals surface area contributed by atoms with Gasteiger partial charge in [0.05, 0.1) is 18.7 Å². The van der Waals surface area contributed by atoms with E-state index in [2.05, 4.69) is 6.07 Å². The quantitative estimate of drug-likeness (QED) is 0.856. The largest absolute Gasteiger partial charge is 0.497 e. The van der Waals surface area contributed by atoms with Crippen LogP contribution in [-0.2, 0) is 0 Å². The van der Waals surface area contributed by atoms with E-state index in [-0.39, 0.29) is 0 Å². The van der Waals surface area contributed by atoms with E-state index in [0.717, 1.165) is 15.5 Å². The van der Waals surface area contributed by atoms with Crippen LogP contribution in [0, 0.1) is 11.3 Å². The number of nitrogens with zero attached hydrogens (tertiary/aromatic N) is 1. The normalized spacial score (nSPS) is 9.78. The number of nitriles is 1. The molecule has 2 N–H and O–H groups in total. The van der Waals surface area contributed by atoms with Gasteiger partial charge in [-0.2, -0.15) is 5.26 Å². The second-order valence-corrected chi connectivity index (χ2v) is 4.76. The molecule has 0 unspecified atom stereocenters. The number of hydrogen-bond donors (Lipinski definition) is 1. The van der Waals surface area contributed by atoms with E-state index in [0.29, 0.717) is 11.3 Å². The topological polar surface area (TPSA) is 59.0 Å². The van der Waals surface area contributed by atoms with Gasteiger partial charge in [-0.05, 0) is 42.5 Å². The third kappa shape index (κ3) is 2.76. The fourth-order valence-corrected chi connectivity index (χ4v) is 2.36. The van der Waals surface area contributed by atoms with E-state index in [1.807, 2.05) is 24.3 Å². The molecule has 0 radical (unpaired) electrons. The molecule has 0 atom stereocenters. The predicted molar refractivity (Wildman–Crippen MR) is 72.7 cm³/mol. The standard InChI is InChI=1S/C14H12N2OS/c1-17-11-3-5-12(6-4-11)18-14-8-10(9-15)2-7-13(14)16/h2-8H,16H2,1H3. The summed E-state index contributed by atoms with van der Waals surface area (Å²) < 4.78 is 5.10. The number of methoxy groups -OCH3 is 1. The number of benzene rings is 2. The Bertz CT molecular complexity index is 588. The van der Waals surface area contributed by atoms with Crippen molar-refractivity contribution in [3.8, 4) is 11.8 Å². The minimum absolute atomic E-state index is 0.611. The molecule has 3 nitrogen and oxygen atoms in total. The lowest BCUT2D eigenvalue weighted by Gasteiger charge is -2.06. The predicted octanol–water partition coefficient (Wildman–Crippen LogP) is 3.30. The molecule has 0 aliphatic heterocycles. The Morgan fingerprint density at radius 2 is 1.89 bits per heavy atom. The van der Waals surface area contributed by atoms with Crippen molar-refractivity contribution in [3.63, 3.8) is 0 Å². The maximum atomic E-state index is 8.87. The summed E-state index contributed by atoms with van der Waals surface area (Å²) in [6.07, 6.45) is 0. The van der Waals surface area contributed by atoms with Crippen LogP contribution in [0.15, 0.2) is 52.3 Å². The van der Waals surface area contributed by atoms with Gasteiger partial charge < -0.3 is 10.5 Å². The van der Waals surface area contributed by atoms with Crippen LogP contribution in [0.25, 0.3) is 0 Å². The van der Waals surface area contributed by atoms with Gasteiger partial charge in [0.15, 0.2) is 0 Å². The number of anilines is 1. The smallest absolute Gasteiger partial charge is 0.118 e. The van der Waals surface area contributed by atoms with E-state index in [1.165, 1.54) is 11.8 Å². The fourth-order valence-electron chi connectivity index (χ4n) is 1.46. The van der Waals surface area contributed by atoms with Crippen molar-refractivity contribution in [1.82, 2.24) is 0 Å². The number of ether oxygens (including phenoxy) is 1. The first-order chi connectivity index (χ1) is 8.72. The summed E-state index contributed by atoms with van der Waals surface area (Å²) in [6.45, 7) is 0. The van der Waals surface area contributed by atoms with E-state index in [4.69, 9.17) is 15.7 Å². The molecule has 0 saturated carbocycles. The minimum Gasteiger partial charge on any atom is -0.497 e. The molecule has 0 aliphatic carbocycles. The van der Waals surface area contributed by atoms with Crippen molar-refractivity contribution >= 4 is 17.4 Å². The van der Waals surface area contributed by atoms with Gasteiger partial charge in [0.1, 0.15) is 5.75 Å². The van der Waals surface area contributed by atoms with Gasteiger partial charge in [0.25, 0.3) is 0 Å². The van der Waals surface area contributed by atoms with E-state index in [9.17, 15) is 0 Å². The summed E-state index contributed by atoms with van der Waals surface area (Å²) in [6, 6.07) is 15.1. The zero-order valence-corrected chi connectivity index (χ0v) is 10.7. The second-order valence-electron chi connectivity index (χ2n) is 3.64. The molecule has 18 heavy (non-hydrogen) atoms. The highest BCUT2D eigenvalue weighted by Gasteiger charge is 2.04. The summed E-state index contributed by atoms with van der Waals surface area (Å²) >= 11 is 1.53. The summed E-state index contributed by atoms with van der Waals surface area (Å²) in [5.41, 5.74) is 7.18. The average Bonchev–Trinajstić information content (AvgIpc) is 2.42. The number of nitrogen functional groups attached to an aromatic ring is 1. The Morgan fingerprint density at radius 1 is 1.17 bits per heavy atom. The van der Waals surface area contributed by atoms with Gasteiger partial charge in [0.2, 0.25) is 0 Å². The molecule has 0 saturated heterocycles. The van der Waals surface area contributed by atoms with Crippen LogP contribution in [0.1, 0.15) is 5.56 Å². The van der Waals surface area contributed by atoms with E-state index < -0.39 is 0 Å². The van der Waals surface area contributed by atoms with Crippen molar-refractivity contribution in [3.05, 3.63) is 48.0 Å². The highest BCUT2D eigenvalue weighted by atomic mass is 32.2. The monoisotopic (exact) mass is 256 g/mol. The van der Waals surface area contributed by atoms with E-state index in [1.54, 1.807) is 25.3 Å². The Kier molecular flexibility index (Phi) is 3.75. The summed E-state index contributed by atoms with van der Waals surface area (Å²) in [5, 5.41) is 8.87. The summed E-state index contributed by atoms with van der Waals surface area (Å²) in [4.78, 5) is 1.94. The van der Waals surface area contributed by atoms with Gasteiger partial charge in [-0.25, -0.2) is 0 Å². The molecule has 0 heterocycles. The summed E-state index contributed by atoms with van der Waals surface area (Å²) in [7, 11) is 1.64. The third-order valence-corrected chi connectivity index (χ3v) is 3.51. The number of hydrogen-bond acceptors (Lipinski definition) is 4. The fraction of sp³-hybridized carbons (Fsp3) is 0.0714. The molecule has 2 aromatic rings. The van der Waals surface area contributed by atoms with Crippen molar-refractivity contribution < 1.29 is 4.74 Å². The Balaban J connectivity index is 2.25. The number of nitrogens with two attached hydrogens (primary N) is 1. The molecule has 2 aromatic carbocycles. The van der Waals surface area contributed by atoms with Gasteiger partial charge in [0, 0.05) is 15.5 Å². The Hall–Kier alpha value is -2.12. The molecule has 2 rings (SSSR count). The van der Waals surface area contributed by atoms with Gasteiger partial charge in [-0.15, -0.1) is 0 Å². The average molecular weight is 256 g/mol. The molecule has 0 spiro atoms. The van der Waals surface area contributed by atoms with Gasteiger partial charge in [-0.3, -0.25) is 0 Å². The minimum atomic E-state index is 0.611. The third-order valence-electron chi connectivity index (χ3n) is 2.43. The summed E-state index contributed by atoms with van der Waals surface area (Å²) in [5.74, 6) is 0.818. The first-order valence-corrected chi connectivity index (χ1v) is 6.16. The van der Waals surface area contributed by atoms with Crippen LogP contribution >= 0.6 is 11.8 Å². The van der Waals surface area contributed by atoms with Crippen molar-refractivity contribution in [2.24, 2.45) is 0 Å². The zero-order chi connectivity index (χ0) is 13.0. The molecule has 0 amide bonds. The van der Waals surface area contributed by atoms with Crippen LogP contribution in [0.3, 0.4) is 0 Å². The van der Waals surface area contributed by atoms with Crippen LogP contribution in [0.4, 0.5) is 5.69 Å². The molecule has 0 aromatic heterocycles. The van der Waals surface area contributed by atoms with Gasteiger partial charge >= 0.3 is 0 Å². The zero-order valence-electron chi connectivity index (χ0n) is 9.88. The van der Waals surface area contributed by atoms with Crippen LogP contribution in [0.5, 0.6) is 5.75 Å². The van der Waals surface area contributed by atoms with Crippen molar-refractivity contribution in [2.75, 3.05) is 12.8 Å². The number of rotatable bonds is 3. The van der Waals surface area contributed by atoms with Crippen LogP contribution < -0.4 is 10.5 Å².